The van der Waals surface area contributed by atoms with Gasteiger partial charge in [-0.05, 0) is 31.2 Å². The van der Waals surface area contributed by atoms with E-state index in [2.05, 4.69) is 5.32 Å². The van der Waals surface area contributed by atoms with Gasteiger partial charge < -0.3 is 14.8 Å². The number of furan rings is 1. The number of carboxylic acids is 1. The SMILES string of the molecule is Cc1cc(CNc2cc(F)ccc2F)oc1C(=O)O. The van der Waals surface area contributed by atoms with Crippen LogP contribution in [0.2, 0.25) is 0 Å². The molecule has 100 valence electrons. The molecule has 0 bridgehead atoms. The number of benzene rings is 1. The van der Waals surface area contributed by atoms with Gasteiger partial charge in [-0.1, -0.05) is 0 Å². The van der Waals surface area contributed by atoms with Gasteiger partial charge in [0.1, 0.15) is 17.4 Å². The van der Waals surface area contributed by atoms with E-state index in [0.29, 0.717) is 11.3 Å². The van der Waals surface area contributed by atoms with Gasteiger partial charge in [0.2, 0.25) is 5.76 Å². The van der Waals surface area contributed by atoms with Crippen LogP contribution >= 0.6 is 0 Å². The van der Waals surface area contributed by atoms with Gasteiger partial charge >= 0.3 is 5.97 Å². The molecule has 2 rings (SSSR count). The molecule has 0 aliphatic heterocycles. The molecule has 0 aliphatic rings. The molecule has 2 N–H and O–H groups in total. The highest BCUT2D eigenvalue weighted by Gasteiger charge is 2.14. The summed E-state index contributed by atoms with van der Waals surface area (Å²) in [6.45, 7) is 1.66. The van der Waals surface area contributed by atoms with Crippen molar-refractivity contribution in [2.75, 3.05) is 5.32 Å². The van der Waals surface area contributed by atoms with E-state index in [1.165, 1.54) is 6.07 Å². The number of hydrogen-bond donors (Lipinski definition) is 2. The zero-order valence-corrected chi connectivity index (χ0v) is 10.0. The molecule has 0 aliphatic carbocycles. The van der Waals surface area contributed by atoms with Crippen LogP contribution in [0.15, 0.2) is 28.7 Å². The number of carbonyl (C=O) groups is 1. The summed E-state index contributed by atoms with van der Waals surface area (Å²) in [6.07, 6.45) is 0. The van der Waals surface area contributed by atoms with E-state index in [0.717, 1.165) is 18.2 Å². The van der Waals surface area contributed by atoms with Crippen LogP contribution in [0.4, 0.5) is 14.5 Å². The Kier molecular flexibility index (Phi) is 3.50. The number of halogens is 2. The van der Waals surface area contributed by atoms with Gasteiger partial charge in [-0.3, -0.25) is 0 Å². The Balaban J connectivity index is 2.12. The van der Waals surface area contributed by atoms with Crippen molar-refractivity contribution in [1.29, 1.82) is 0 Å². The molecular formula is C13H11F2NO3. The van der Waals surface area contributed by atoms with Crippen molar-refractivity contribution in [3.05, 3.63) is 53.0 Å². The summed E-state index contributed by atoms with van der Waals surface area (Å²) in [5.74, 6) is -2.15. The van der Waals surface area contributed by atoms with Crippen LogP contribution in [0.3, 0.4) is 0 Å². The lowest BCUT2D eigenvalue weighted by Gasteiger charge is -2.05. The number of hydrogen-bond acceptors (Lipinski definition) is 3. The summed E-state index contributed by atoms with van der Waals surface area (Å²) in [5.41, 5.74) is 0.468. The summed E-state index contributed by atoms with van der Waals surface area (Å²) in [7, 11) is 0. The Labute approximate surface area is 107 Å². The van der Waals surface area contributed by atoms with Gasteiger partial charge in [0.05, 0.1) is 12.2 Å². The summed E-state index contributed by atoms with van der Waals surface area (Å²) < 4.78 is 31.4. The highest BCUT2D eigenvalue weighted by atomic mass is 19.1. The first-order valence-electron chi connectivity index (χ1n) is 5.49. The second kappa shape index (κ2) is 5.09. The normalized spacial score (nSPS) is 10.5. The number of rotatable bonds is 4. The largest absolute Gasteiger partial charge is 0.475 e. The maximum atomic E-state index is 13.3. The predicted molar refractivity (Wildman–Crippen MR) is 64.1 cm³/mol. The Morgan fingerprint density at radius 2 is 2.11 bits per heavy atom. The van der Waals surface area contributed by atoms with Crippen LogP contribution in [0.1, 0.15) is 21.9 Å². The molecule has 0 unspecified atom stereocenters. The van der Waals surface area contributed by atoms with E-state index in [1.807, 2.05) is 0 Å². The monoisotopic (exact) mass is 267 g/mol. The maximum Gasteiger partial charge on any atom is 0.372 e. The maximum absolute atomic E-state index is 13.3. The highest BCUT2D eigenvalue weighted by molar-refractivity contribution is 5.86. The molecule has 1 aromatic heterocycles. The number of aryl methyl sites for hydroxylation is 1. The standard InChI is InChI=1S/C13H11F2NO3/c1-7-4-9(19-12(7)13(17)18)6-16-11-5-8(14)2-3-10(11)15/h2-5,16H,6H2,1H3,(H,17,18). The lowest BCUT2D eigenvalue weighted by Crippen LogP contribution is -2.01. The summed E-state index contributed by atoms with van der Waals surface area (Å²) >= 11 is 0. The molecule has 2 aromatic rings. The lowest BCUT2D eigenvalue weighted by atomic mass is 10.2. The van der Waals surface area contributed by atoms with Gasteiger partial charge in [0.15, 0.2) is 0 Å². The van der Waals surface area contributed by atoms with Crippen LogP contribution < -0.4 is 5.32 Å². The molecule has 1 heterocycles. The number of nitrogens with one attached hydrogen (secondary N) is 1. The van der Waals surface area contributed by atoms with Crippen LogP contribution in [-0.4, -0.2) is 11.1 Å². The summed E-state index contributed by atoms with van der Waals surface area (Å²) in [5, 5.41) is 11.5. The molecule has 0 saturated heterocycles. The van der Waals surface area contributed by atoms with Gasteiger partial charge in [0.25, 0.3) is 0 Å². The number of carboxylic acid groups (broad SMARTS) is 1. The molecule has 1 aromatic carbocycles. The van der Waals surface area contributed by atoms with E-state index >= 15 is 0 Å². The van der Waals surface area contributed by atoms with Crippen molar-refractivity contribution in [2.24, 2.45) is 0 Å². The first-order chi connectivity index (χ1) is 8.97. The van der Waals surface area contributed by atoms with Crippen molar-refractivity contribution < 1.29 is 23.1 Å². The topological polar surface area (TPSA) is 62.5 Å². The summed E-state index contributed by atoms with van der Waals surface area (Å²) in [4.78, 5) is 10.8. The molecule has 0 spiro atoms. The Bertz CT molecular complexity index is 622. The highest BCUT2D eigenvalue weighted by Crippen LogP contribution is 2.19. The van der Waals surface area contributed by atoms with E-state index in [4.69, 9.17) is 9.52 Å². The molecule has 4 nitrogen and oxygen atoms in total. The fourth-order valence-corrected chi connectivity index (χ4v) is 1.66. The minimum absolute atomic E-state index is 0.00840. The molecule has 6 heteroatoms. The van der Waals surface area contributed by atoms with Crippen molar-refractivity contribution in [3.8, 4) is 0 Å². The van der Waals surface area contributed by atoms with E-state index < -0.39 is 17.6 Å². The number of anilines is 1. The van der Waals surface area contributed by atoms with Crippen LogP contribution in [0.5, 0.6) is 0 Å². The van der Waals surface area contributed by atoms with Crippen LogP contribution in [-0.2, 0) is 6.54 Å². The fraction of sp³-hybridized carbons (Fsp3) is 0.154. The second-order valence-electron chi connectivity index (χ2n) is 4.01. The van der Waals surface area contributed by atoms with E-state index in [1.54, 1.807) is 6.92 Å². The molecular weight excluding hydrogens is 256 g/mol. The lowest BCUT2D eigenvalue weighted by molar-refractivity contribution is 0.0659. The number of aromatic carboxylic acids is 1. The van der Waals surface area contributed by atoms with Crippen molar-refractivity contribution in [1.82, 2.24) is 0 Å². The van der Waals surface area contributed by atoms with Gasteiger partial charge in [-0.25, -0.2) is 13.6 Å². The molecule has 0 atom stereocenters. The zero-order valence-electron chi connectivity index (χ0n) is 10.0. The first kappa shape index (κ1) is 13.1. The van der Waals surface area contributed by atoms with Crippen molar-refractivity contribution >= 4 is 11.7 Å². The Hall–Kier alpha value is -2.37. The quantitative estimate of drug-likeness (QED) is 0.893. The van der Waals surface area contributed by atoms with Crippen molar-refractivity contribution in [3.63, 3.8) is 0 Å². The molecule has 19 heavy (non-hydrogen) atoms. The van der Waals surface area contributed by atoms with E-state index in [-0.39, 0.29) is 18.0 Å². The minimum Gasteiger partial charge on any atom is -0.475 e. The molecule has 0 radical (unpaired) electrons. The van der Waals surface area contributed by atoms with Crippen LogP contribution in [0, 0.1) is 18.6 Å². The first-order valence-corrected chi connectivity index (χ1v) is 5.49. The Morgan fingerprint density at radius 1 is 1.37 bits per heavy atom. The predicted octanol–water partition coefficient (Wildman–Crippen LogP) is 3.18. The second-order valence-corrected chi connectivity index (χ2v) is 4.01. The third-order valence-corrected chi connectivity index (χ3v) is 2.54. The molecule has 0 fully saturated rings. The third-order valence-electron chi connectivity index (χ3n) is 2.54. The third kappa shape index (κ3) is 2.90. The van der Waals surface area contributed by atoms with Gasteiger partial charge in [-0.2, -0.15) is 0 Å². The summed E-state index contributed by atoms with van der Waals surface area (Å²) in [6, 6.07) is 4.57. The molecule has 0 amide bonds. The Morgan fingerprint density at radius 3 is 2.74 bits per heavy atom. The van der Waals surface area contributed by atoms with Crippen LogP contribution in [0.25, 0.3) is 0 Å². The fourth-order valence-electron chi connectivity index (χ4n) is 1.66. The average Bonchev–Trinajstić information content (AvgIpc) is 2.72. The smallest absolute Gasteiger partial charge is 0.372 e. The molecule has 0 saturated carbocycles. The average molecular weight is 267 g/mol. The van der Waals surface area contributed by atoms with E-state index in [9.17, 15) is 13.6 Å². The van der Waals surface area contributed by atoms with Gasteiger partial charge in [0, 0.05) is 5.56 Å². The van der Waals surface area contributed by atoms with Crippen molar-refractivity contribution in [2.45, 2.75) is 13.5 Å². The zero-order chi connectivity index (χ0) is 14.0. The minimum atomic E-state index is -1.17. The van der Waals surface area contributed by atoms with Gasteiger partial charge in [-0.15, -0.1) is 0 Å².